The third kappa shape index (κ3) is 3.14. The van der Waals surface area contributed by atoms with Crippen LogP contribution < -0.4 is 0 Å². The van der Waals surface area contributed by atoms with Crippen molar-refractivity contribution in [3.63, 3.8) is 0 Å². The van der Waals surface area contributed by atoms with Gasteiger partial charge in [0.25, 0.3) is 0 Å². The summed E-state index contributed by atoms with van der Waals surface area (Å²) in [6.07, 6.45) is 7.29. The Morgan fingerprint density at radius 2 is 1.89 bits per heavy atom. The van der Waals surface area contributed by atoms with Gasteiger partial charge in [-0.2, -0.15) is 0 Å². The zero-order chi connectivity index (χ0) is 13.0. The SMILES string of the molecule is CCCCC(C)C(O)c1ccc(C2CCC2)cc1. The van der Waals surface area contributed by atoms with E-state index in [9.17, 15) is 5.11 Å². The first-order valence-corrected chi connectivity index (χ1v) is 7.50. The van der Waals surface area contributed by atoms with Gasteiger partial charge in [-0.05, 0) is 42.2 Å². The standard InChI is InChI=1S/C17H26O/c1-3-4-6-13(2)17(18)16-11-9-15(10-12-16)14-7-5-8-14/h9-14,17-18H,3-8H2,1-2H3. The number of unbranched alkanes of at least 4 members (excludes halogenated alkanes) is 1. The summed E-state index contributed by atoms with van der Waals surface area (Å²) < 4.78 is 0. The lowest BCUT2D eigenvalue weighted by Crippen LogP contribution is -2.11. The molecule has 0 radical (unpaired) electrons. The van der Waals surface area contributed by atoms with Crippen LogP contribution in [0.15, 0.2) is 24.3 Å². The maximum atomic E-state index is 10.3. The maximum absolute atomic E-state index is 10.3. The molecule has 0 bridgehead atoms. The highest BCUT2D eigenvalue weighted by Gasteiger charge is 2.20. The van der Waals surface area contributed by atoms with E-state index in [1.54, 1.807) is 0 Å². The highest BCUT2D eigenvalue weighted by atomic mass is 16.3. The molecule has 1 aromatic rings. The molecule has 0 aromatic heterocycles. The third-order valence-electron chi connectivity index (χ3n) is 4.41. The Labute approximate surface area is 111 Å². The highest BCUT2D eigenvalue weighted by molar-refractivity contribution is 5.28. The van der Waals surface area contributed by atoms with Crippen molar-refractivity contribution in [2.24, 2.45) is 5.92 Å². The van der Waals surface area contributed by atoms with E-state index in [1.165, 1.54) is 37.7 Å². The van der Waals surface area contributed by atoms with Crippen molar-refractivity contribution < 1.29 is 5.11 Å². The van der Waals surface area contributed by atoms with E-state index in [4.69, 9.17) is 0 Å². The quantitative estimate of drug-likeness (QED) is 0.763. The largest absolute Gasteiger partial charge is 0.388 e. The first-order chi connectivity index (χ1) is 8.72. The average Bonchev–Trinajstić information content (AvgIpc) is 2.34. The van der Waals surface area contributed by atoms with E-state index in [2.05, 4.69) is 38.1 Å². The molecule has 0 aliphatic heterocycles. The second kappa shape index (κ2) is 6.38. The van der Waals surface area contributed by atoms with E-state index < -0.39 is 0 Å². The van der Waals surface area contributed by atoms with E-state index in [-0.39, 0.29) is 6.10 Å². The van der Waals surface area contributed by atoms with Crippen molar-refractivity contribution in [2.45, 2.75) is 64.4 Å². The summed E-state index contributed by atoms with van der Waals surface area (Å²) in [7, 11) is 0. The van der Waals surface area contributed by atoms with Crippen molar-refractivity contribution in [2.75, 3.05) is 0 Å². The molecular weight excluding hydrogens is 220 g/mol. The van der Waals surface area contributed by atoms with Gasteiger partial charge in [-0.3, -0.25) is 0 Å². The summed E-state index contributed by atoms with van der Waals surface area (Å²) in [4.78, 5) is 0. The lowest BCUT2D eigenvalue weighted by Gasteiger charge is -2.26. The number of hydrogen-bond acceptors (Lipinski definition) is 1. The maximum Gasteiger partial charge on any atom is 0.0815 e. The smallest absolute Gasteiger partial charge is 0.0815 e. The van der Waals surface area contributed by atoms with Gasteiger partial charge in [-0.1, -0.05) is 57.4 Å². The van der Waals surface area contributed by atoms with Gasteiger partial charge >= 0.3 is 0 Å². The molecule has 1 aromatic carbocycles. The molecule has 0 saturated heterocycles. The first-order valence-electron chi connectivity index (χ1n) is 7.50. The number of hydrogen-bond donors (Lipinski definition) is 1. The van der Waals surface area contributed by atoms with Gasteiger partial charge in [0.15, 0.2) is 0 Å². The second-order valence-electron chi connectivity index (χ2n) is 5.86. The first kappa shape index (κ1) is 13.6. The molecule has 0 heterocycles. The lowest BCUT2D eigenvalue weighted by atomic mass is 9.79. The molecule has 1 fully saturated rings. The summed E-state index contributed by atoms with van der Waals surface area (Å²) in [5, 5.41) is 10.3. The van der Waals surface area contributed by atoms with Gasteiger partial charge in [0, 0.05) is 0 Å². The zero-order valence-electron chi connectivity index (χ0n) is 11.7. The average molecular weight is 246 g/mol. The predicted molar refractivity (Wildman–Crippen MR) is 76.7 cm³/mol. The Hall–Kier alpha value is -0.820. The van der Waals surface area contributed by atoms with Crippen LogP contribution >= 0.6 is 0 Å². The number of aliphatic hydroxyl groups excluding tert-OH is 1. The predicted octanol–water partition coefficient (Wildman–Crippen LogP) is 4.81. The molecule has 1 aliphatic carbocycles. The van der Waals surface area contributed by atoms with E-state index in [1.807, 2.05) is 0 Å². The van der Waals surface area contributed by atoms with Crippen LogP contribution in [0.25, 0.3) is 0 Å². The third-order valence-corrected chi connectivity index (χ3v) is 4.41. The van der Waals surface area contributed by atoms with Gasteiger partial charge < -0.3 is 5.11 Å². The van der Waals surface area contributed by atoms with E-state index in [0.29, 0.717) is 5.92 Å². The van der Waals surface area contributed by atoms with Crippen molar-refractivity contribution in [1.82, 2.24) is 0 Å². The van der Waals surface area contributed by atoms with Gasteiger partial charge in [-0.15, -0.1) is 0 Å². The van der Waals surface area contributed by atoms with Crippen molar-refractivity contribution in [3.05, 3.63) is 35.4 Å². The summed E-state index contributed by atoms with van der Waals surface area (Å²) in [6.45, 7) is 4.35. The van der Waals surface area contributed by atoms with Gasteiger partial charge in [-0.25, -0.2) is 0 Å². The molecule has 100 valence electrons. The van der Waals surface area contributed by atoms with Crippen LogP contribution in [-0.4, -0.2) is 5.11 Å². The summed E-state index contributed by atoms with van der Waals surface area (Å²) in [5.74, 6) is 1.15. The zero-order valence-corrected chi connectivity index (χ0v) is 11.7. The van der Waals surface area contributed by atoms with Crippen molar-refractivity contribution >= 4 is 0 Å². The van der Waals surface area contributed by atoms with Crippen LogP contribution in [0.4, 0.5) is 0 Å². The molecule has 1 aliphatic rings. The van der Waals surface area contributed by atoms with Crippen LogP contribution in [0.2, 0.25) is 0 Å². The van der Waals surface area contributed by atoms with Gasteiger partial charge in [0.05, 0.1) is 6.10 Å². The van der Waals surface area contributed by atoms with Crippen LogP contribution in [-0.2, 0) is 0 Å². The Morgan fingerprint density at radius 1 is 1.22 bits per heavy atom. The molecule has 1 N–H and O–H groups in total. The Bertz CT molecular complexity index is 350. The fourth-order valence-electron chi connectivity index (χ4n) is 2.72. The fourth-order valence-corrected chi connectivity index (χ4v) is 2.72. The van der Waals surface area contributed by atoms with Gasteiger partial charge in [0.2, 0.25) is 0 Å². The van der Waals surface area contributed by atoms with Gasteiger partial charge in [0.1, 0.15) is 0 Å². The van der Waals surface area contributed by atoms with Crippen LogP contribution in [0.5, 0.6) is 0 Å². The molecule has 1 nitrogen and oxygen atoms in total. The van der Waals surface area contributed by atoms with E-state index in [0.717, 1.165) is 17.9 Å². The monoisotopic (exact) mass is 246 g/mol. The molecular formula is C17H26O. The highest BCUT2D eigenvalue weighted by Crippen LogP contribution is 2.37. The summed E-state index contributed by atoms with van der Waals surface area (Å²) in [5.41, 5.74) is 2.54. The van der Waals surface area contributed by atoms with Crippen LogP contribution in [0, 0.1) is 5.92 Å². The van der Waals surface area contributed by atoms with Crippen LogP contribution in [0.1, 0.15) is 75.5 Å². The summed E-state index contributed by atoms with van der Waals surface area (Å²) in [6, 6.07) is 8.69. The molecule has 1 heteroatoms. The summed E-state index contributed by atoms with van der Waals surface area (Å²) >= 11 is 0. The molecule has 2 unspecified atom stereocenters. The molecule has 18 heavy (non-hydrogen) atoms. The normalized spacial score (nSPS) is 19.3. The fraction of sp³-hybridized carbons (Fsp3) is 0.647. The minimum absolute atomic E-state index is 0.299. The lowest BCUT2D eigenvalue weighted by molar-refractivity contribution is 0.111. The van der Waals surface area contributed by atoms with Crippen molar-refractivity contribution in [1.29, 1.82) is 0 Å². The Morgan fingerprint density at radius 3 is 2.39 bits per heavy atom. The number of aliphatic hydroxyl groups is 1. The van der Waals surface area contributed by atoms with E-state index >= 15 is 0 Å². The molecule has 1 saturated carbocycles. The molecule has 2 rings (SSSR count). The molecule has 2 atom stereocenters. The molecule has 0 spiro atoms. The topological polar surface area (TPSA) is 20.2 Å². The minimum Gasteiger partial charge on any atom is -0.388 e. The second-order valence-corrected chi connectivity index (χ2v) is 5.86. The minimum atomic E-state index is -0.299. The number of benzene rings is 1. The van der Waals surface area contributed by atoms with Crippen molar-refractivity contribution in [3.8, 4) is 0 Å². The number of rotatable bonds is 6. The Balaban J connectivity index is 1.95. The molecule has 0 amide bonds. The Kier molecular flexibility index (Phi) is 4.82. The van der Waals surface area contributed by atoms with Crippen LogP contribution in [0.3, 0.4) is 0 Å².